The maximum Gasteiger partial charge on any atom is 0.224 e. The molecule has 1 aromatic rings. The zero-order valence-electron chi connectivity index (χ0n) is 12.2. The topological polar surface area (TPSA) is 50.4 Å². The van der Waals surface area contributed by atoms with E-state index in [2.05, 4.69) is 10.6 Å². The number of rotatable bonds is 4. The summed E-state index contributed by atoms with van der Waals surface area (Å²) in [6.07, 6.45) is 5.13. The molecule has 0 spiro atoms. The molecule has 2 fully saturated rings. The molecule has 0 saturated carbocycles. The maximum atomic E-state index is 13.1. The van der Waals surface area contributed by atoms with Gasteiger partial charge in [0.1, 0.15) is 11.6 Å². The third-order valence-corrected chi connectivity index (χ3v) is 4.48. The smallest absolute Gasteiger partial charge is 0.224 e. The van der Waals surface area contributed by atoms with Gasteiger partial charge in [-0.3, -0.25) is 4.79 Å². The Bertz CT molecular complexity index is 523. The van der Waals surface area contributed by atoms with Crippen LogP contribution in [-0.4, -0.2) is 25.1 Å². The summed E-state index contributed by atoms with van der Waals surface area (Å²) in [4.78, 5) is 12.2. The number of hydrogen-bond donors (Lipinski definition) is 2. The molecule has 2 aliphatic heterocycles. The highest BCUT2D eigenvalue weighted by Crippen LogP contribution is 2.33. The number of amides is 1. The first-order valence-corrected chi connectivity index (χ1v) is 7.53. The molecular weight excluding hydrogens is 271 g/mol. The van der Waals surface area contributed by atoms with Gasteiger partial charge in [0.25, 0.3) is 0 Å². The summed E-state index contributed by atoms with van der Waals surface area (Å²) in [5.74, 6) is 0.398. The lowest BCUT2D eigenvalue weighted by atomic mass is 9.89. The Morgan fingerprint density at radius 1 is 1.38 bits per heavy atom. The minimum absolute atomic E-state index is 0.0220. The van der Waals surface area contributed by atoms with E-state index in [4.69, 9.17) is 4.74 Å². The van der Waals surface area contributed by atoms with E-state index < -0.39 is 0 Å². The molecule has 2 aliphatic rings. The second kappa shape index (κ2) is 6.02. The summed E-state index contributed by atoms with van der Waals surface area (Å²) in [5, 5.41) is 6.41. The van der Waals surface area contributed by atoms with Gasteiger partial charge in [-0.15, -0.1) is 0 Å². The van der Waals surface area contributed by atoms with Crippen LogP contribution in [-0.2, 0) is 4.79 Å². The number of ether oxygens (including phenoxy) is 1. The molecule has 2 unspecified atom stereocenters. The quantitative estimate of drug-likeness (QED) is 0.897. The minimum atomic E-state index is -0.375. The first kappa shape index (κ1) is 14.3. The van der Waals surface area contributed by atoms with Crippen LogP contribution in [0.25, 0.3) is 0 Å². The number of carbonyl (C=O) groups is 1. The summed E-state index contributed by atoms with van der Waals surface area (Å²) in [6, 6.07) is 5.31. The van der Waals surface area contributed by atoms with Crippen molar-refractivity contribution in [2.24, 2.45) is 5.92 Å². The molecule has 5 heteroatoms. The van der Waals surface area contributed by atoms with Gasteiger partial charge in [0.2, 0.25) is 5.91 Å². The number of anilines is 1. The van der Waals surface area contributed by atoms with Crippen molar-refractivity contribution in [2.75, 3.05) is 12.4 Å². The number of piperidine rings is 1. The summed E-state index contributed by atoms with van der Waals surface area (Å²) >= 11 is 0. The Labute approximate surface area is 124 Å². The highest BCUT2D eigenvalue weighted by molar-refractivity contribution is 5.92. The molecule has 4 nitrogen and oxygen atoms in total. The average Bonchev–Trinajstić information content (AvgIpc) is 2.80. The van der Waals surface area contributed by atoms with E-state index in [1.807, 2.05) is 0 Å². The van der Waals surface area contributed by atoms with Crippen LogP contribution in [0, 0.1) is 11.7 Å². The normalized spacial score (nSPS) is 27.4. The van der Waals surface area contributed by atoms with Crippen LogP contribution >= 0.6 is 0 Å². The zero-order valence-corrected chi connectivity index (χ0v) is 12.2. The highest BCUT2D eigenvalue weighted by atomic mass is 19.1. The third-order valence-electron chi connectivity index (χ3n) is 4.48. The fourth-order valence-electron chi connectivity index (χ4n) is 3.57. The van der Waals surface area contributed by atoms with Gasteiger partial charge >= 0.3 is 0 Å². The Morgan fingerprint density at radius 3 is 2.76 bits per heavy atom. The van der Waals surface area contributed by atoms with E-state index in [0.717, 1.165) is 12.8 Å². The van der Waals surface area contributed by atoms with E-state index in [1.165, 1.54) is 38.2 Å². The molecule has 2 saturated heterocycles. The second-order valence-electron chi connectivity index (χ2n) is 6.07. The Balaban J connectivity index is 1.59. The number of nitrogens with one attached hydrogen (secondary N) is 2. The van der Waals surface area contributed by atoms with Crippen LogP contribution in [0.2, 0.25) is 0 Å². The summed E-state index contributed by atoms with van der Waals surface area (Å²) in [5.41, 5.74) is 0.529. The number of methoxy groups -OCH3 is 1. The monoisotopic (exact) mass is 292 g/mol. The number of hydrogen-bond acceptors (Lipinski definition) is 3. The van der Waals surface area contributed by atoms with Crippen LogP contribution in [0.4, 0.5) is 10.1 Å². The third kappa shape index (κ3) is 3.35. The van der Waals surface area contributed by atoms with E-state index in [1.54, 1.807) is 0 Å². The molecular formula is C16H21FN2O2. The van der Waals surface area contributed by atoms with Crippen molar-refractivity contribution in [1.29, 1.82) is 0 Å². The maximum absolute atomic E-state index is 13.1. The van der Waals surface area contributed by atoms with Crippen LogP contribution < -0.4 is 15.4 Å². The van der Waals surface area contributed by atoms with Gasteiger partial charge in [-0.25, -0.2) is 4.39 Å². The highest BCUT2D eigenvalue weighted by Gasteiger charge is 2.34. The Morgan fingerprint density at radius 2 is 2.10 bits per heavy atom. The first-order chi connectivity index (χ1) is 10.1. The van der Waals surface area contributed by atoms with Crippen molar-refractivity contribution in [3.63, 3.8) is 0 Å². The molecule has 21 heavy (non-hydrogen) atoms. The summed E-state index contributed by atoms with van der Waals surface area (Å²) < 4.78 is 18.2. The SMILES string of the molecule is COc1cc(F)ccc1NC(=O)CC1CC2CCC(C1)N2. The van der Waals surface area contributed by atoms with Crippen LogP contribution in [0.5, 0.6) is 5.75 Å². The van der Waals surface area contributed by atoms with Gasteiger partial charge in [0.05, 0.1) is 12.8 Å². The van der Waals surface area contributed by atoms with Crippen molar-refractivity contribution in [1.82, 2.24) is 5.32 Å². The van der Waals surface area contributed by atoms with E-state index in [-0.39, 0.29) is 11.7 Å². The lowest BCUT2D eigenvalue weighted by Crippen LogP contribution is -2.39. The Kier molecular flexibility index (Phi) is 4.10. The molecule has 0 radical (unpaired) electrons. The number of carbonyl (C=O) groups excluding carboxylic acids is 1. The van der Waals surface area contributed by atoms with Gasteiger partial charge < -0.3 is 15.4 Å². The number of halogens is 1. The van der Waals surface area contributed by atoms with Crippen molar-refractivity contribution in [3.05, 3.63) is 24.0 Å². The zero-order chi connectivity index (χ0) is 14.8. The average molecular weight is 292 g/mol. The molecule has 2 heterocycles. The van der Waals surface area contributed by atoms with E-state index >= 15 is 0 Å². The van der Waals surface area contributed by atoms with Gasteiger partial charge in [0.15, 0.2) is 0 Å². The molecule has 1 amide bonds. The van der Waals surface area contributed by atoms with E-state index in [0.29, 0.717) is 35.9 Å². The molecule has 1 aromatic carbocycles. The van der Waals surface area contributed by atoms with Gasteiger partial charge in [-0.2, -0.15) is 0 Å². The largest absolute Gasteiger partial charge is 0.494 e. The fourth-order valence-corrected chi connectivity index (χ4v) is 3.57. The van der Waals surface area contributed by atoms with Crippen molar-refractivity contribution in [3.8, 4) is 5.75 Å². The molecule has 3 rings (SSSR count). The molecule has 0 aromatic heterocycles. The molecule has 2 N–H and O–H groups in total. The predicted molar refractivity (Wildman–Crippen MR) is 78.9 cm³/mol. The molecule has 2 bridgehead atoms. The molecule has 114 valence electrons. The van der Waals surface area contributed by atoms with Crippen LogP contribution in [0.15, 0.2) is 18.2 Å². The van der Waals surface area contributed by atoms with Crippen LogP contribution in [0.1, 0.15) is 32.1 Å². The van der Waals surface area contributed by atoms with Crippen molar-refractivity contribution in [2.45, 2.75) is 44.2 Å². The first-order valence-electron chi connectivity index (χ1n) is 7.53. The molecule has 0 aliphatic carbocycles. The standard InChI is InChI=1S/C16H21FN2O2/c1-21-15-9-11(17)2-5-14(15)19-16(20)8-10-6-12-3-4-13(7-10)18-12/h2,5,9-10,12-13,18H,3-4,6-8H2,1H3,(H,19,20). The number of fused-ring (bicyclic) bond motifs is 2. The lowest BCUT2D eigenvalue weighted by molar-refractivity contribution is -0.117. The Hall–Kier alpha value is -1.62. The minimum Gasteiger partial charge on any atom is -0.494 e. The van der Waals surface area contributed by atoms with Crippen LogP contribution in [0.3, 0.4) is 0 Å². The van der Waals surface area contributed by atoms with Gasteiger partial charge in [0, 0.05) is 24.6 Å². The van der Waals surface area contributed by atoms with Gasteiger partial charge in [-0.05, 0) is 43.7 Å². The number of benzene rings is 1. The second-order valence-corrected chi connectivity index (χ2v) is 6.07. The predicted octanol–water partition coefficient (Wildman–Crippen LogP) is 2.69. The summed E-state index contributed by atoms with van der Waals surface area (Å²) in [6.45, 7) is 0. The van der Waals surface area contributed by atoms with E-state index in [9.17, 15) is 9.18 Å². The molecule has 2 atom stereocenters. The summed E-state index contributed by atoms with van der Waals surface area (Å²) in [7, 11) is 1.47. The fraction of sp³-hybridized carbons (Fsp3) is 0.562. The lowest BCUT2D eigenvalue weighted by Gasteiger charge is -2.28. The van der Waals surface area contributed by atoms with Gasteiger partial charge in [-0.1, -0.05) is 0 Å². The van der Waals surface area contributed by atoms with Crippen molar-refractivity contribution < 1.29 is 13.9 Å². The van der Waals surface area contributed by atoms with Crippen molar-refractivity contribution >= 4 is 11.6 Å².